The summed E-state index contributed by atoms with van der Waals surface area (Å²) in [6, 6.07) is 6.99. The van der Waals surface area contributed by atoms with Gasteiger partial charge in [0.1, 0.15) is 5.75 Å². The van der Waals surface area contributed by atoms with Crippen LogP contribution in [0.5, 0.6) is 5.75 Å². The van der Waals surface area contributed by atoms with E-state index in [1.807, 2.05) is 0 Å². The number of phenols is 1. The number of rotatable bonds is 1. The van der Waals surface area contributed by atoms with Crippen LogP contribution in [0.2, 0.25) is 5.02 Å². The lowest BCUT2D eigenvalue weighted by Gasteiger charge is -2.22. The van der Waals surface area contributed by atoms with Gasteiger partial charge >= 0.3 is 6.18 Å². The minimum Gasteiger partial charge on any atom is -0.507 e. The molecule has 0 fully saturated rings. The number of nitrogens with zero attached hydrogens (tertiary/aromatic N) is 1. The van der Waals surface area contributed by atoms with Crippen LogP contribution in [0.1, 0.15) is 27.7 Å². The van der Waals surface area contributed by atoms with Gasteiger partial charge in [-0.15, -0.1) is 0 Å². The summed E-state index contributed by atoms with van der Waals surface area (Å²) in [7, 11) is 0. The van der Waals surface area contributed by atoms with E-state index in [0.717, 1.165) is 11.0 Å². The number of benzene rings is 2. The summed E-state index contributed by atoms with van der Waals surface area (Å²) >= 11 is 5.55. The molecule has 1 heterocycles. The summed E-state index contributed by atoms with van der Waals surface area (Å²) in [4.78, 5) is 13.1. The van der Waals surface area contributed by atoms with Crippen molar-refractivity contribution in [1.82, 2.24) is 0 Å². The predicted molar refractivity (Wildman–Crippen MR) is 76.3 cm³/mol. The monoisotopic (exact) mass is 343 g/mol. The van der Waals surface area contributed by atoms with E-state index in [1.54, 1.807) is 0 Å². The highest BCUT2D eigenvalue weighted by atomic mass is 35.5. The molecule has 1 unspecified atom stereocenters. The number of aliphatic hydroxyl groups is 1. The van der Waals surface area contributed by atoms with Crippen LogP contribution in [0.3, 0.4) is 0 Å². The van der Waals surface area contributed by atoms with Crippen molar-refractivity contribution in [3.8, 4) is 5.75 Å². The van der Waals surface area contributed by atoms with Gasteiger partial charge in [0.15, 0.2) is 6.23 Å². The SMILES string of the molecule is O=C1c2c(O)cccc2C(O)N1c1ccc(Cl)c(C(F)(F)F)c1. The first-order valence-electron chi connectivity index (χ1n) is 6.42. The van der Waals surface area contributed by atoms with Crippen LogP contribution in [0.15, 0.2) is 36.4 Å². The molecule has 2 aromatic carbocycles. The number of fused-ring (bicyclic) bond motifs is 1. The maximum atomic E-state index is 12.9. The van der Waals surface area contributed by atoms with Crippen molar-refractivity contribution in [1.29, 1.82) is 0 Å². The van der Waals surface area contributed by atoms with Crippen LogP contribution >= 0.6 is 11.6 Å². The Bertz CT molecular complexity index is 807. The maximum Gasteiger partial charge on any atom is 0.417 e. The van der Waals surface area contributed by atoms with Crippen molar-refractivity contribution in [2.24, 2.45) is 0 Å². The molecule has 2 N–H and O–H groups in total. The minimum absolute atomic E-state index is 0.124. The van der Waals surface area contributed by atoms with E-state index in [4.69, 9.17) is 11.6 Å². The Labute approximate surface area is 133 Å². The van der Waals surface area contributed by atoms with Gasteiger partial charge in [-0.05, 0) is 24.3 Å². The fourth-order valence-electron chi connectivity index (χ4n) is 2.52. The lowest BCUT2D eigenvalue weighted by molar-refractivity contribution is -0.137. The molecule has 0 aromatic heterocycles. The summed E-state index contributed by atoms with van der Waals surface area (Å²) in [6.07, 6.45) is -6.19. The summed E-state index contributed by atoms with van der Waals surface area (Å²) in [6.45, 7) is 0. The molecule has 1 aliphatic heterocycles. The van der Waals surface area contributed by atoms with Gasteiger partial charge in [-0.3, -0.25) is 9.69 Å². The van der Waals surface area contributed by atoms with E-state index in [9.17, 15) is 28.2 Å². The molecule has 1 amide bonds. The minimum atomic E-state index is -4.70. The molecule has 0 spiro atoms. The van der Waals surface area contributed by atoms with Crippen molar-refractivity contribution >= 4 is 23.2 Å². The van der Waals surface area contributed by atoms with E-state index >= 15 is 0 Å². The van der Waals surface area contributed by atoms with Gasteiger partial charge in [-0.25, -0.2) is 0 Å². The number of aromatic hydroxyl groups is 1. The summed E-state index contributed by atoms with van der Waals surface area (Å²) in [5, 5.41) is 19.5. The molecule has 1 atom stereocenters. The number of halogens is 4. The summed E-state index contributed by atoms with van der Waals surface area (Å²) < 4.78 is 38.8. The first-order chi connectivity index (χ1) is 10.7. The number of carbonyl (C=O) groups excluding carboxylic acids is 1. The number of phenolic OH excluding ortho intramolecular Hbond substituents is 1. The molecule has 0 bridgehead atoms. The molecule has 1 aliphatic rings. The zero-order chi connectivity index (χ0) is 16.9. The molecule has 23 heavy (non-hydrogen) atoms. The summed E-state index contributed by atoms with van der Waals surface area (Å²) in [5.41, 5.74) is -1.30. The Morgan fingerprint density at radius 3 is 2.48 bits per heavy atom. The highest BCUT2D eigenvalue weighted by Gasteiger charge is 2.40. The second kappa shape index (κ2) is 5.14. The van der Waals surface area contributed by atoms with E-state index in [-0.39, 0.29) is 22.6 Å². The number of alkyl halides is 3. The molecule has 4 nitrogen and oxygen atoms in total. The quantitative estimate of drug-likeness (QED) is 0.829. The highest BCUT2D eigenvalue weighted by molar-refractivity contribution is 6.31. The Hall–Kier alpha value is -2.25. The average Bonchev–Trinajstić information content (AvgIpc) is 2.72. The van der Waals surface area contributed by atoms with Crippen molar-refractivity contribution in [3.63, 3.8) is 0 Å². The number of aliphatic hydroxyl groups excluding tert-OH is 1. The number of hydrogen-bond acceptors (Lipinski definition) is 3. The third kappa shape index (κ3) is 2.42. The second-order valence-electron chi connectivity index (χ2n) is 4.95. The zero-order valence-electron chi connectivity index (χ0n) is 11.3. The van der Waals surface area contributed by atoms with Crippen LogP contribution in [-0.2, 0) is 6.18 Å². The highest BCUT2D eigenvalue weighted by Crippen LogP contribution is 2.42. The molecular formula is C15H9ClF3NO3. The number of hydrogen-bond donors (Lipinski definition) is 2. The third-order valence-electron chi connectivity index (χ3n) is 3.56. The van der Waals surface area contributed by atoms with Crippen molar-refractivity contribution in [3.05, 3.63) is 58.1 Å². The fourth-order valence-corrected chi connectivity index (χ4v) is 2.74. The molecule has 0 saturated carbocycles. The van der Waals surface area contributed by atoms with Gasteiger partial charge in [-0.2, -0.15) is 13.2 Å². The Balaban J connectivity index is 2.11. The van der Waals surface area contributed by atoms with Gasteiger partial charge < -0.3 is 10.2 Å². The smallest absolute Gasteiger partial charge is 0.417 e. The normalized spacial score (nSPS) is 17.5. The Morgan fingerprint density at radius 1 is 1.17 bits per heavy atom. The van der Waals surface area contributed by atoms with Gasteiger partial charge in [0, 0.05) is 11.3 Å². The van der Waals surface area contributed by atoms with Gasteiger partial charge in [-0.1, -0.05) is 23.7 Å². The zero-order valence-corrected chi connectivity index (χ0v) is 12.1. The average molecular weight is 344 g/mol. The molecule has 0 radical (unpaired) electrons. The molecular weight excluding hydrogens is 335 g/mol. The maximum absolute atomic E-state index is 12.9. The van der Waals surface area contributed by atoms with Crippen molar-refractivity contribution in [2.75, 3.05) is 4.90 Å². The van der Waals surface area contributed by atoms with Crippen LogP contribution in [0.25, 0.3) is 0 Å². The van der Waals surface area contributed by atoms with Crippen LogP contribution in [-0.4, -0.2) is 16.1 Å². The van der Waals surface area contributed by atoms with Gasteiger partial charge in [0.05, 0.1) is 16.1 Å². The lowest BCUT2D eigenvalue weighted by atomic mass is 10.1. The molecule has 8 heteroatoms. The molecule has 3 rings (SSSR count). The number of anilines is 1. The fraction of sp³-hybridized carbons (Fsp3) is 0.133. The Morgan fingerprint density at radius 2 is 1.87 bits per heavy atom. The first kappa shape index (κ1) is 15.6. The number of amides is 1. The van der Waals surface area contributed by atoms with Crippen LogP contribution in [0.4, 0.5) is 18.9 Å². The van der Waals surface area contributed by atoms with Crippen molar-refractivity contribution < 1.29 is 28.2 Å². The Kier molecular flexibility index (Phi) is 3.50. The topological polar surface area (TPSA) is 60.8 Å². The summed E-state index contributed by atoms with van der Waals surface area (Å²) in [5.74, 6) is -1.14. The van der Waals surface area contributed by atoms with E-state index in [2.05, 4.69) is 0 Å². The lowest BCUT2D eigenvalue weighted by Crippen LogP contribution is -2.27. The van der Waals surface area contributed by atoms with Crippen LogP contribution < -0.4 is 4.90 Å². The molecule has 120 valence electrons. The largest absolute Gasteiger partial charge is 0.507 e. The molecule has 2 aromatic rings. The van der Waals surface area contributed by atoms with E-state index in [1.165, 1.54) is 24.3 Å². The van der Waals surface area contributed by atoms with E-state index < -0.39 is 28.9 Å². The molecule has 0 aliphatic carbocycles. The van der Waals surface area contributed by atoms with Gasteiger partial charge in [0.2, 0.25) is 0 Å². The third-order valence-corrected chi connectivity index (χ3v) is 3.89. The molecule has 0 saturated heterocycles. The standard InChI is InChI=1S/C15H9ClF3NO3/c16-10-5-4-7(6-9(10)15(17,18)19)20-13(22)8-2-1-3-11(21)12(8)14(20)23/h1-6,13,21-22H. The first-order valence-corrected chi connectivity index (χ1v) is 6.80. The van der Waals surface area contributed by atoms with E-state index in [0.29, 0.717) is 6.07 Å². The van der Waals surface area contributed by atoms with Crippen LogP contribution in [0, 0.1) is 0 Å². The van der Waals surface area contributed by atoms with Crippen molar-refractivity contribution in [2.45, 2.75) is 12.4 Å². The number of carbonyl (C=O) groups is 1. The van der Waals surface area contributed by atoms with Gasteiger partial charge in [0.25, 0.3) is 5.91 Å². The second-order valence-corrected chi connectivity index (χ2v) is 5.36. The predicted octanol–water partition coefficient (Wildman–Crippen LogP) is 3.72.